The summed E-state index contributed by atoms with van der Waals surface area (Å²) in [5, 5.41) is 14.0. The zero-order valence-corrected chi connectivity index (χ0v) is 24.5. The van der Waals surface area contributed by atoms with E-state index in [1.165, 1.54) is 5.56 Å². The fraction of sp³-hybridized carbons (Fsp3) is 0.382. The van der Waals surface area contributed by atoms with Gasteiger partial charge in [0.1, 0.15) is 11.5 Å². The van der Waals surface area contributed by atoms with Crippen molar-refractivity contribution in [3.8, 4) is 23.0 Å². The smallest absolute Gasteiger partial charge is 0.163 e. The van der Waals surface area contributed by atoms with Gasteiger partial charge in [-0.05, 0) is 78.8 Å². The van der Waals surface area contributed by atoms with E-state index < -0.39 is 0 Å². The summed E-state index contributed by atoms with van der Waals surface area (Å²) in [6, 6.07) is 22.2. The molecule has 5 rings (SSSR count). The number of benzene rings is 3. The Morgan fingerprint density at radius 1 is 0.902 bits per heavy atom. The molecule has 0 amide bonds. The Morgan fingerprint density at radius 2 is 1.59 bits per heavy atom. The van der Waals surface area contributed by atoms with Gasteiger partial charge in [-0.3, -0.25) is 4.98 Å². The standard InChI is InChI=1S/C34H41N3O4/c1-34(2,3)24-6-8-25(9-7-24)36-26-10-12-28(13-11-26)41-31-14-17-35-30-23-33(32(39-4)22-29(30)31)40-21-5-18-37-19-15-27(38)16-20-37/h6-14,17,22-23,27,36,38H,5,15-16,18-21H2,1-4H3. The number of aromatic nitrogens is 1. The van der Waals surface area contributed by atoms with Crippen LogP contribution in [0.25, 0.3) is 10.9 Å². The van der Waals surface area contributed by atoms with Gasteiger partial charge in [0.25, 0.3) is 0 Å². The van der Waals surface area contributed by atoms with Crippen LogP contribution < -0.4 is 19.5 Å². The molecule has 0 aliphatic carbocycles. The number of methoxy groups -OCH3 is 1. The van der Waals surface area contributed by atoms with Crippen LogP contribution in [0.1, 0.15) is 45.6 Å². The van der Waals surface area contributed by atoms with Crippen molar-refractivity contribution >= 4 is 22.3 Å². The lowest BCUT2D eigenvalue weighted by atomic mass is 9.87. The molecule has 0 unspecified atom stereocenters. The number of nitrogens with one attached hydrogen (secondary N) is 1. The zero-order valence-electron chi connectivity index (χ0n) is 24.5. The second-order valence-electron chi connectivity index (χ2n) is 11.7. The lowest BCUT2D eigenvalue weighted by Gasteiger charge is -2.29. The van der Waals surface area contributed by atoms with Gasteiger partial charge < -0.3 is 29.5 Å². The third-order valence-corrected chi connectivity index (χ3v) is 7.54. The first-order valence-electron chi connectivity index (χ1n) is 14.4. The minimum Gasteiger partial charge on any atom is -0.493 e. The van der Waals surface area contributed by atoms with Crippen molar-refractivity contribution in [2.24, 2.45) is 0 Å². The Bertz CT molecular complexity index is 1420. The highest BCUT2D eigenvalue weighted by atomic mass is 16.5. The quantitative estimate of drug-likeness (QED) is 0.199. The molecule has 216 valence electrons. The third-order valence-electron chi connectivity index (χ3n) is 7.54. The molecule has 0 radical (unpaired) electrons. The van der Waals surface area contributed by atoms with Crippen LogP contribution in [0.5, 0.6) is 23.0 Å². The van der Waals surface area contributed by atoms with Crippen LogP contribution in [0.3, 0.4) is 0 Å². The molecule has 1 aliphatic rings. The lowest BCUT2D eigenvalue weighted by Crippen LogP contribution is -2.36. The van der Waals surface area contributed by atoms with Crippen LogP contribution >= 0.6 is 0 Å². The van der Waals surface area contributed by atoms with Crippen molar-refractivity contribution < 1.29 is 19.3 Å². The number of ether oxygens (including phenoxy) is 3. The molecule has 0 atom stereocenters. The fourth-order valence-corrected chi connectivity index (χ4v) is 5.06. The Hall–Kier alpha value is -3.81. The molecule has 1 saturated heterocycles. The van der Waals surface area contributed by atoms with Crippen LogP contribution in [0, 0.1) is 0 Å². The van der Waals surface area contributed by atoms with Crippen molar-refractivity contribution in [1.29, 1.82) is 0 Å². The Kier molecular flexibility index (Phi) is 8.96. The predicted octanol–water partition coefficient (Wildman–Crippen LogP) is 7.30. The molecule has 1 aromatic heterocycles. The van der Waals surface area contributed by atoms with Gasteiger partial charge in [-0.1, -0.05) is 32.9 Å². The minimum atomic E-state index is -0.149. The number of rotatable bonds is 10. The number of aliphatic hydroxyl groups is 1. The number of hydrogen-bond acceptors (Lipinski definition) is 7. The first kappa shape index (κ1) is 28.7. The van der Waals surface area contributed by atoms with E-state index in [4.69, 9.17) is 14.2 Å². The highest BCUT2D eigenvalue weighted by Gasteiger charge is 2.17. The number of fused-ring (bicyclic) bond motifs is 1. The fourth-order valence-electron chi connectivity index (χ4n) is 5.06. The van der Waals surface area contributed by atoms with Crippen LogP contribution in [0.4, 0.5) is 11.4 Å². The summed E-state index contributed by atoms with van der Waals surface area (Å²) < 4.78 is 18.0. The zero-order chi connectivity index (χ0) is 28.8. The van der Waals surface area contributed by atoms with Gasteiger partial charge in [0.2, 0.25) is 0 Å². The highest BCUT2D eigenvalue weighted by molar-refractivity contribution is 5.88. The van der Waals surface area contributed by atoms with Gasteiger partial charge in [-0.15, -0.1) is 0 Å². The number of hydrogen-bond donors (Lipinski definition) is 2. The average Bonchev–Trinajstić information content (AvgIpc) is 2.97. The molecule has 4 aromatic rings. The molecular formula is C34H41N3O4. The molecule has 1 fully saturated rings. The van der Waals surface area contributed by atoms with E-state index in [1.54, 1.807) is 13.3 Å². The van der Waals surface area contributed by atoms with E-state index in [1.807, 2.05) is 42.5 Å². The summed E-state index contributed by atoms with van der Waals surface area (Å²) in [7, 11) is 1.65. The Labute approximate surface area is 243 Å². The predicted molar refractivity (Wildman–Crippen MR) is 165 cm³/mol. The van der Waals surface area contributed by atoms with E-state index in [2.05, 4.69) is 60.2 Å². The van der Waals surface area contributed by atoms with Gasteiger partial charge in [0.05, 0.1) is 25.3 Å². The molecule has 2 heterocycles. The molecule has 3 aromatic carbocycles. The van der Waals surface area contributed by atoms with Crippen molar-refractivity contribution in [2.75, 3.05) is 38.7 Å². The maximum Gasteiger partial charge on any atom is 0.163 e. The number of pyridine rings is 1. The third kappa shape index (κ3) is 7.48. The van der Waals surface area contributed by atoms with Gasteiger partial charge in [-0.25, -0.2) is 0 Å². The molecule has 2 N–H and O–H groups in total. The Balaban J connectivity index is 1.22. The van der Waals surface area contributed by atoms with Crippen LogP contribution in [0.2, 0.25) is 0 Å². The van der Waals surface area contributed by atoms with Gasteiger partial charge in [-0.2, -0.15) is 0 Å². The van der Waals surface area contributed by atoms with E-state index >= 15 is 0 Å². The second-order valence-corrected chi connectivity index (χ2v) is 11.7. The normalized spacial score (nSPS) is 14.7. The highest BCUT2D eigenvalue weighted by Crippen LogP contribution is 2.37. The van der Waals surface area contributed by atoms with Crippen molar-refractivity contribution in [3.63, 3.8) is 0 Å². The summed E-state index contributed by atoms with van der Waals surface area (Å²) >= 11 is 0. The number of nitrogens with zero attached hydrogens (tertiary/aromatic N) is 2. The summed E-state index contributed by atoms with van der Waals surface area (Å²) in [5.74, 6) is 2.75. The van der Waals surface area contributed by atoms with Crippen molar-refractivity contribution in [2.45, 2.75) is 51.6 Å². The summed E-state index contributed by atoms with van der Waals surface area (Å²) in [5.41, 5.74) is 4.25. The summed E-state index contributed by atoms with van der Waals surface area (Å²) in [6.45, 7) is 10.1. The molecule has 0 bridgehead atoms. The van der Waals surface area contributed by atoms with E-state index in [0.717, 1.165) is 66.9 Å². The first-order valence-corrected chi connectivity index (χ1v) is 14.4. The molecule has 41 heavy (non-hydrogen) atoms. The van der Waals surface area contributed by atoms with Crippen LogP contribution in [-0.2, 0) is 5.41 Å². The minimum absolute atomic E-state index is 0.131. The average molecular weight is 556 g/mol. The van der Waals surface area contributed by atoms with Crippen LogP contribution in [0.15, 0.2) is 72.9 Å². The Morgan fingerprint density at radius 3 is 2.24 bits per heavy atom. The maximum absolute atomic E-state index is 9.70. The maximum atomic E-state index is 9.70. The number of likely N-dealkylation sites (tertiary alicyclic amines) is 1. The molecule has 7 heteroatoms. The molecule has 0 saturated carbocycles. The number of anilines is 2. The lowest BCUT2D eigenvalue weighted by molar-refractivity contribution is 0.0799. The summed E-state index contributed by atoms with van der Waals surface area (Å²) in [6.07, 6.45) is 4.20. The number of aliphatic hydroxyl groups excluding tert-OH is 1. The van der Waals surface area contributed by atoms with E-state index in [9.17, 15) is 5.11 Å². The second kappa shape index (κ2) is 12.8. The van der Waals surface area contributed by atoms with Gasteiger partial charge in [0.15, 0.2) is 11.5 Å². The van der Waals surface area contributed by atoms with Gasteiger partial charge in [0, 0.05) is 48.7 Å². The van der Waals surface area contributed by atoms with Crippen molar-refractivity contribution in [3.05, 3.63) is 78.5 Å². The summed E-state index contributed by atoms with van der Waals surface area (Å²) in [4.78, 5) is 6.93. The van der Waals surface area contributed by atoms with Gasteiger partial charge >= 0.3 is 0 Å². The topological polar surface area (TPSA) is 76.1 Å². The first-order chi connectivity index (χ1) is 19.8. The van der Waals surface area contributed by atoms with E-state index in [-0.39, 0.29) is 11.5 Å². The van der Waals surface area contributed by atoms with Crippen LogP contribution in [-0.4, -0.2) is 54.4 Å². The number of piperidine rings is 1. The largest absolute Gasteiger partial charge is 0.493 e. The molecule has 7 nitrogen and oxygen atoms in total. The SMILES string of the molecule is COc1cc2c(Oc3ccc(Nc4ccc(C(C)(C)C)cc4)cc3)ccnc2cc1OCCCN1CCC(O)CC1. The monoisotopic (exact) mass is 555 g/mol. The molecule has 0 spiro atoms. The molecule has 1 aliphatic heterocycles. The molecular weight excluding hydrogens is 514 g/mol. The van der Waals surface area contributed by atoms with Crippen molar-refractivity contribution in [1.82, 2.24) is 9.88 Å². The van der Waals surface area contributed by atoms with E-state index in [0.29, 0.717) is 23.9 Å².